The predicted octanol–water partition coefficient (Wildman–Crippen LogP) is 15.9. The number of aryl methyl sites for hydroxylation is 1. The van der Waals surface area contributed by atoms with Crippen LogP contribution in [0.2, 0.25) is 0 Å². The maximum atomic E-state index is 13.2. The number of hydrogen-bond acceptors (Lipinski definition) is 30. The number of aromatic nitrogens is 24. The Labute approximate surface area is 818 Å². The number of thiazole rings is 4. The van der Waals surface area contributed by atoms with Gasteiger partial charge in [-0.05, 0) is 123 Å². The molecule has 1 aliphatic carbocycles. The van der Waals surface area contributed by atoms with Crippen LogP contribution in [-0.2, 0) is 42.3 Å². The summed E-state index contributed by atoms with van der Waals surface area (Å²) < 4.78 is 39.5. The van der Waals surface area contributed by atoms with Crippen LogP contribution in [0.15, 0.2) is 242 Å². The molecule has 0 saturated heterocycles. The highest BCUT2D eigenvalue weighted by Gasteiger charge is 2.33. The van der Waals surface area contributed by atoms with E-state index in [1.807, 2.05) is 164 Å². The molecule has 7 N–H and O–H groups in total. The molecular weight excluding hydrogens is 1860 g/mol. The molecule has 1 saturated carbocycles. The first-order valence-electron chi connectivity index (χ1n) is 44.4. The Morgan fingerprint density at radius 3 is 1.09 bits per heavy atom. The van der Waals surface area contributed by atoms with E-state index >= 15 is 0 Å². The molecule has 19 rings (SSSR count). The number of amides is 4. The van der Waals surface area contributed by atoms with E-state index in [1.54, 1.807) is 123 Å². The number of carbonyl (C=O) groups excluding carboxylic acids is 4. The van der Waals surface area contributed by atoms with Crippen molar-refractivity contribution >= 4 is 98.2 Å². The van der Waals surface area contributed by atoms with Crippen LogP contribution >= 0.6 is 45.3 Å². The molecule has 44 heteroatoms. The number of benzene rings is 2. The molecule has 0 aliphatic heterocycles. The molecular formula is C96H99FN30O9S4. The van der Waals surface area contributed by atoms with E-state index in [9.17, 15) is 23.6 Å². The van der Waals surface area contributed by atoms with E-state index in [1.165, 1.54) is 50.0 Å². The molecule has 16 aromatic heterocycles. The third kappa shape index (κ3) is 25.8. The lowest BCUT2D eigenvalue weighted by Gasteiger charge is -2.34. The van der Waals surface area contributed by atoms with Gasteiger partial charge in [0.15, 0.2) is 0 Å². The Hall–Kier alpha value is -16.0. The molecule has 0 spiro atoms. The summed E-state index contributed by atoms with van der Waals surface area (Å²) in [6, 6.07) is 38.2. The zero-order valence-electron chi connectivity index (χ0n) is 77.2. The Bertz CT molecular complexity index is 6790. The van der Waals surface area contributed by atoms with Crippen molar-refractivity contribution in [1.29, 1.82) is 0 Å². The number of halogens is 1. The van der Waals surface area contributed by atoms with Crippen LogP contribution < -0.4 is 30.7 Å². The van der Waals surface area contributed by atoms with Crippen molar-refractivity contribution in [3.8, 4) is 99.3 Å². The van der Waals surface area contributed by atoms with Crippen LogP contribution in [0.3, 0.4) is 0 Å². The fourth-order valence-electron chi connectivity index (χ4n) is 14.4. The maximum absolute atomic E-state index is 13.2. The quantitative estimate of drug-likeness (QED) is 0.0179. The van der Waals surface area contributed by atoms with Gasteiger partial charge in [-0.2, -0.15) is 40.8 Å². The number of carboxylic acid groups (broad SMARTS) is 1. The fraction of sp³-hybridized carbons (Fsp3) is 0.240. The van der Waals surface area contributed by atoms with Crippen molar-refractivity contribution in [2.45, 2.75) is 85.4 Å². The van der Waals surface area contributed by atoms with Crippen LogP contribution in [0.4, 0.5) is 27.1 Å². The zero-order chi connectivity index (χ0) is 97.6. The predicted molar refractivity (Wildman–Crippen MR) is 533 cm³/mol. The van der Waals surface area contributed by atoms with Gasteiger partial charge < -0.3 is 50.4 Å². The van der Waals surface area contributed by atoms with Gasteiger partial charge in [0.1, 0.15) is 83.8 Å². The number of anilines is 4. The average Bonchev–Trinajstić information content (AvgIpc) is 1.63. The third-order valence-electron chi connectivity index (χ3n) is 22.0. The second-order valence-corrected chi connectivity index (χ2v) is 34.4. The van der Waals surface area contributed by atoms with Crippen LogP contribution in [0.5, 0.6) is 11.5 Å². The molecule has 140 heavy (non-hydrogen) atoms. The lowest BCUT2D eigenvalue weighted by molar-refractivity contribution is -0.122. The van der Waals surface area contributed by atoms with Crippen LogP contribution in [0, 0.1) is 0 Å². The molecule has 1 fully saturated rings. The molecule has 18 aromatic rings. The second-order valence-electron chi connectivity index (χ2n) is 31.0. The molecule has 0 unspecified atom stereocenters. The van der Waals surface area contributed by atoms with Crippen molar-refractivity contribution in [3.05, 3.63) is 276 Å². The first kappa shape index (κ1) is 98.5. The van der Waals surface area contributed by atoms with Gasteiger partial charge in [-0.1, -0.05) is 76.2 Å². The monoisotopic (exact) mass is 1960 g/mol. The minimum Gasteiger partial charge on any atom is -0.497 e. The van der Waals surface area contributed by atoms with Crippen LogP contribution in [-0.4, -0.2) is 237 Å². The van der Waals surface area contributed by atoms with E-state index in [-0.39, 0.29) is 54.5 Å². The van der Waals surface area contributed by atoms with Crippen LogP contribution in [0.25, 0.3) is 87.8 Å². The van der Waals surface area contributed by atoms with Crippen molar-refractivity contribution in [2.24, 2.45) is 0 Å². The lowest BCUT2D eigenvalue weighted by atomic mass is 9.89. The first-order chi connectivity index (χ1) is 68.5. The number of methoxy groups -OCH3 is 3. The van der Waals surface area contributed by atoms with Gasteiger partial charge in [0.05, 0.1) is 129 Å². The summed E-state index contributed by atoms with van der Waals surface area (Å²) in [5.74, 6) is 0.354. The average molecular weight is 1960 g/mol. The molecule has 39 nitrogen and oxygen atoms in total. The van der Waals surface area contributed by atoms with E-state index in [2.05, 4.69) is 134 Å². The largest absolute Gasteiger partial charge is 0.497 e. The number of nitrogens with one attached hydrogen (secondary N) is 6. The number of nitrogens with zero attached hydrogens (tertiary/aromatic N) is 24. The molecule has 0 bridgehead atoms. The van der Waals surface area contributed by atoms with Gasteiger partial charge >= 0.3 is 0 Å². The van der Waals surface area contributed by atoms with Gasteiger partial charge in [0.2, 0.25) is 0 Å². The summed E-state index contributed by atoms with van der Waals surface area (Å²) in [6.07, 6.45) is 30.1. The van der Waals surface area contributed by atoms with Gasteiger partial charge in [0.25, 0.3) is 30.1 Å². The Morgan fingerprint density at radius 1 is 0.443 bits per heavy atom. The minimum atomic E-state index is -0.571. The fourth-order valence-corrected chi connectivity index (χ4v) is 17.5. The topological polar surface area (TPSA) is 455 Å². The highest BCUT2D eigenvalue weighted by atomic mass is 32.1. The number of rotatable bonds is 36. The van der Waals surface area contributed by atoms with Gasteiger partial charge in [0, 0.05) is 138 Å². The van der Waals surface area contributed by atoms with Crippen molar-refractivity contribution in [2.75, 3.05) is 88.5 Å². The minimum absolute atomic E-state index is 0.0804. The SMILES string of the molecule is CCN(CC)CCn1cc(NC(=O)c2csc(-c3cn[nH]c3)n2)c(-c2ccccn2)n1.CCN(CC)CCn1cc(NC(=O)c2csc(-c3cn[nH]c3)n2)c(-c2ccccn2)n1.COc1ccc(Cn2cc(-c3nc(C(=O)Nc4cn(C5CC(OC)C5)nc4-c4ccccn4)cs3)cn2)cc1.COc1ccc(Cn2cc(-c3nc(C(=O)Nc4cn(CCF)nc4-c4ccccn4)cs3)cn2)cc1.O=CO. The first-order valence-corrected chi connectivity index (χ1v) is 48.0. The second kappa shape index (κ2) is 48.6. The van der Waals surface area contributed by atoms with Gasteiger partial charge in [-0.15, -0.1) is 45.3 Å². The highest BCUT2D eigenvalue weighted by molar-refractivity contribution is 7.14. The number of aromatic amines is 2. The number of alkyl halides is 1. The Balaban J connectivity index is 0.000000140. The molecule has 1 aliphatic rings. The number of carbonyl (C=O) groups is 5. The van der Waals surface area contributed by atoms with Crippen molar-refractivity contribution < 1.29 is 47.7 Å². The number of likely N-dealkylation sites (N-methyl/N-ethyl adjacent to an activating group) is 2. The van der Waals surface area contributed by atoms with Crippen LogP contribution in [0.1, 0.15) is 99.7 Å². The Kier molecular flexibility index (Phi) is 34.2. The third-order valence-corrected chi connectivity index (χ3v) is 25.6. The van der Waals surface area contributed by atoms with E-state index in [4.69, 9.17) is 39.4 Å². The van der Waals surface area contributed by atoms with Crippen molar-refractivity contribution in [3.63, 3.8) is 0 Å². The van der Waals surface area contributed by atoms with E-state index < -0.39 is 6.67 Å². The number of pyridine rings is 4. The lowest BCUT2D eigenvalue weighted by Crippen LogP contribution is -2.32. The van der Waals surface area contributed by atoms with E-state index in [0.717, 1.165) is 125 Å². The number of hydrogen-bond donors (Lipinski definition) is 7. The highest BCUT2D eigenvalue weighted by Crippen LogP contribution is 2.38. The number of ether oxygens (including phenoxy) is 3. The maximum Gasteiger partial charge on any atom is 0.290 e. The molecule has 2 aromatic carbocycles. The molecule has 0 radical (unpaired) electrons. The Morgan fingerprint density at radius 2 is 0.779 bits per heavy atom. The summed E-state index contributed by atoms with van der Waals surface area (Å²) >= 11 is 5.55. The smallest absolute Gasteiger partial charge is 0.290 e. The summed E-state index contributed by atoms with van der Waals surface area (Å²) in [5, 5.41) is 69.3. The number of H-pyrrole nitrogens is 2. The molecule has 718 valence electrons. The standard InChI is InChI=1S/C28H27N7O3S.C25H22FN7O2S.2C21H24N8OS.CH2O2/c1-37-21-8-6-18(7-9-21)14-34-15-19(13-30-34)28-32-25(17-39-28)27(36)31-24-16-35(20-11-22(12-20)38-2)33-26(24)23-5-3-4-10-29-23;1-35-19-7-5-17(6-8-19)13-33-14-18(12-28-33)25-30-22(16-36-25)24(34)29-21-15-32(11-9-26)31-23(21)20-4-2-3-10-27-20;2*1-3-28(4-2)9-10-29-13-17(19(27-29)16-7-5-6-8-22-16)25-20(30)18-14-31-21(26-18)15-11-23-24-12-15;2-1-3/h3-10,13,15-17,20,22H,11-12,14H2,1-2H3,(H,31,36);2-8,10,12,14-16H,9,11,13H2,1H3,(H,29,34);2*5-8,11-14H,3-4,9-10H2,1-2H3,(H,23,24)(H,25,30);1H,(H,2,3). The molecule has 4 amide bonds. The van der Waals surface area contributed by atoms with Gasteiger partial charge in [-0.3, -0.25) is 82.2 Å². The normalized spacial score (nSPS) is 12.5. The van der Waals surface area contributed by atoms with E-state index in [0.29, 0.717) is 103 Å². The van der Waals surface area contributed by atoms with Gasteiger partial charge in [-0.25, -0.2) is 24.3 Å². The summed E-state index contributed by atoms with van der Waals surface area (Å²) in [7, 11) is 5.01. The zero-order valence-corrected chi connectivity index (χ0v) is 80.4. The van der Waals surface area contributed by atoms with Crippen molar-refractivity contribution in [1.82, 2.24) is 129 Å². The molecule has 0 atom stereocenters. The summed E-state index contributed by atoms with van der Waals surface area (Å²) in [6.45, 7) is 16.2. The summed E-state index contributed by atoms with van der Waals surface area (Å²) in [4.78, 5) is 101. The summed E-state index contributed by atoms with van der Waals surface area (Å²) in [5.41, 5.74) is 14.2. The molecule has 16 heterocycles.